The molecule has 4 fully saturated rings. The van der Waals surface area contributed by atoms with Crippen LogP contribution in [-0.4, -0.2) is 87.1 Å². The summed E-state index contributed by atoms with van der Waals surface area (Å²) in [6, 6.07) is 5.99. The average Bonchev–Trinajstić information content (AvgIpc) is 4.00. The first kappa shape index (κ1) is 37.1. The van der Waals surface area contributed by atoms with Gasteiger partial charge in [-0.15, -0.1) is 0 Å². The van der Waals surface area contributed by atoms with Gasteiger partial charge in [-0.3, -0.25) is 24.0 Å². The summed E-state index contributed by atoms with van der Waals surface area (Å²) in [5.74, 6) is 6.53. The Morgan fingerprint density at radius 3 is 1.94 bits per heavy atom. The largest absolute Gasteiger partial charge is 0.354 e. The molecule has 6 rings (SSSR count). The minimum absolute atomic E-state index is 0.0163. The molecule has 12 nitrogen and oxygen atoms in total. The Morgan fingerprint density at radius 2 is 1.35 bits per heavy atom. The third-order valence-electron chi connectivity index (χ3n) is 10.7. The number of likely N-dealkylation sites (tertiary alicyclic amines) is 2. The highest BCUT2D eigenvalue weighted by Gasteiger charge is 2.41. The van der Waals surface area contributed by atoms with Crippen molar-refractivity contribution >= 4 is 29.5 Å². The van der Waals surface area contributed by atoms with Crippen molar-refractivity contribution in [1.29, 1.82) is 0 Å². The molecule has 2 saturated heterocycles. The van der Waals surface area contributed by atoms with Crippen LogP contribution >= 0.6 is 0 Å². The van der Waals surface area contributed by atoms with Gasteiger partial charge in [0.05, 0.1) is 12.2 Å². The molecule has 2 aromatic rings. The number of carbonyl (C=O) groups is 5. The molecule has 2 aliphatic carbocycles. The number of H-pyrrole nitrogens is 1. The highest BCUT2D eigenvalue weighted by molar-refractivity contribution is 5.93. The van der Waals surface area contributed by atoms with E-state index in [0.29, 0.717) is 44.0 Å². The Kier molecular flexibility index (Phi) is 11.7. The molecular weight excluding hydrogens is 658 g/mol. The topological polar surface area (TPSA) is 157 Å². The van der Waals surface area contributed by atoms with Crippen LogP contribution in [0.4, 0.5) is 0 Å². The van der Waals surface area contributed by atoms with Crippen LogP contribution in [0.5, 0.6) is 0 Å². The Balaban J connectivity index is 0.984. The lowest BCUT2D eigenvalue weighted by Gasteiger charge is -2.30. The molecule has 4 unspecified atom stereocenters. The third-order valence-corrected chi connectivity index (χ3v) is 10.7. The molecule has 2 saturated carbocycles. The van der Waals surface area contributed by atoms with Crippen molar-refractivity contribution in [3.63, 3.8) is 0 Å². The summed E-state index contributed by atoms with van der Waals surface area (Å²) >= 11 is 0. The first-order chi connectivity index (χ1) is 25.0. The zero-order valence-corrected chi connectivity index (χ0v) is 30.9. The quantitative estimate of drug-likeness (QED) is 0.234. The number of nitrogens with zero attached hydrogens (tertiary/aromatic N) is 3. The lowest BCUT2D eigenvalue weighted by molar-refractivity contribution is -0.142. The van der Waals surface area contributed by atoms with Crippen LogP contribution < -0.4 is 16.0 Å². The van der Waals surface area contributed by atoms with E-state index in [0.717, 1.165) is 56.1 Å². The van der Waals surface area contributed by atoms with E-state index < -0.39 is 18.1 Å². The van der Waals surface area contributed by atoms with Gasteiger partial charge in [-0.2, -0.15) is 0 Å². The van der Waals surface area contributed by atoms with Crippen molar-refractivity contribution < 1.29 is 24.0 Å². The van der Waals surface area contributed by atoms with Gasteiger partial charge in [0.2, 0.25) is 29.5 Å². The molecule has 0 spiro atoms. The number of aromatic amines is 1. The summed E-state index contributed by atoms with van der Waals surface area (Å²) < 4.78 is 0. The maximum atomic E-state index is 13.6. The van der Waals surface area contributed by atoms with Gasteiger partial charge in [0, 0.05) is 37.0 Å². The molecule has 1 aromatic carbocycles. The molecule has 4 N–H and O–H groups in total. The van der Waals surface area contributed by atoms with Gasteiger partial charge in [0.1, 0.15) is 29.6 Å². The van der Waals surface area contributed by atoms with Gasteiger partial charge in [0.15, 0.2) is 0 Å². The van der Waals surface area contributed by atoms with E-state index in [9.17, 15) is 24.0 Å². The van der Waals surface area contributed by atoms with Gasteiger partial charge in [-0.1, -0.05) is 45.7 Å². The molecular formula is C40H53N7O5. The maximum Gasteiger partial charge on any atom is 0.246 e. The van der Waals surface area contributed by atoms with Crippen LogP contribution in [0.25, 0.3) is 0 Å². The Hall–Kier alpha value is -4.66. The lowest BCUT2D eigenvalue weighted by Crippen LogP contribution is -2.55. The fourth-order valence-corrected chi connectivity index (χ4v) is 7.15. The first-order valence-electron chi connectivity index (χ1n) is 19.2. The van der Waals surface area contributed by atoms with Crippen molar-refractivity contribution in [3.05, 3.63) is 53.1 Å². The number of nitrogens with one attached hydrogen (secondary N) is 4. The van der Waals surface area contributed by atoms with E-state index in [2.05, 4.69) is 37.8 Å². The van der Waals surface area contributed by atoms with Gasteiger partial charge in [-0.25, -0.2) is 4.98 Å². The van der Waals surface area contributed by atoms with Crippen molar-refractivity contribution in [3.8, 4) is 11.8 Å². The monoisotopic (exact) mass is 711 g/mol. The van der Waals surface area contributed by atoms with Crippen molar-refractivity contribution in [2.75, 3.05) is 19.6 Å². The molecule has 4 atom stereocenters. The van der Waals surface area contributed by atoms with Crippen LogP contribution in [0.3, 0.4) is 0 Å². The molecule has 3 heterocycles. The SMILES string of the molecule is CC(C)C(NC(=O)C1CC1)C(=O)N1CCCC1C(=O)NCCc1ccc(C#Cc2cnc(C3CCCN3C(=O)C(NC(=O)C3CC3)C(C)C)[nH]2)cc1. The fourth-order valence-electron chi connectivity index (χ4n) is 7.15. The number of amides is 5. The summed E-state index contributed by atoms with van der Waals surface area (Å²) in [6.45, 7) is 9.35. The minimum atomic E-state index is -0.623. The Labute approximate surface area is 306 Å². The number of hydrogen-bond acceptors (Lipinski definition) is 6. The van der Waals surface area contributed by atoms with Crippen molar-refractivity contribution in [2.45, 2.75) is 110 Å². The van der Waals surface area contributed by atoms with Crippen LogP contribution in [0, 0.1) is 35.5 Å². The lowest BCUT2D eigenvalue weighted by atomic mass is 10.0. The van der Waals surface area contributed by atoms with Gasteiger partial charge < -0.3 is 30.7 Å². The second kappa shape index (κ2) is 16.3. The third kappa shape index (κ3) is 9.03. The van der Waals surface area contributed by atoms with Gasteiger partial charge in [0.25, 0.3) is 0 Å². The normalized spacial score (nSPS) is 21.0. The second-order valence-electron chi connectivity index (χ2n) is 15.6. The van der Waals surface area contributed by atoms with Crippen molar-refractivity contribution in [2.24, 2.45) is 23.7 Å². The highest BCUT2D eigenvalue weighted by Crippen LogP contribution is 2.33. The molecule has 12 heteroatoms. The molecule has 278 valence electrons. The van der Waals surface area contributed by atoms with Gasteiger partial charge in [-0.05, 0) is 93.2 Å². The number of benzene rings is 1. The summed E-state index contributed by atoms with van der Waals surface area (Å²) in [7, 11) is 0. The molecule has 1 aromatic heterocycles. The zero-order chi connectivity index (χ0) is 36.9. The molecule has 52 heavy (non-hydrogen) atoms. The van der Waals surface area contributed by atoms with Crippen molar-refractivity contribution in [1.82, 2.24) is 35.7 Å². The Bertz CT molecular complexity index is 1700. The van der Waals surface area contributed by atoms with Gasteiger partial charge >= 0.3 is 0 Å². The van der Waals surface area contributed by atoms with E-state index in [-0.39, 0.29) is 59.2 Å². The summed E-state index contributed by atoms with van der Waals surface area (Å²) in [5.41, 5.74) is 2.55. The zero-order valence-electron chi connectivity index (χ0n) is 30.9. The summed E-state index contributed by atoms with van der Waals surface area (Å²) in [4.78, 5) is 76.4. The van der Waals surface area contributed by atoms with E-state index in [4.69, 9.17) is 0 Å². The number of rotatable bonds is 13. The predicted octanol–water partition coefficient (Wildman–Crippen LogP) is 3.22. The second-order valence-corrected chi connectivity index (χ2v) is 15.6. The van der Waals surface area contributed by atoms with Crippen LogP contribution in [0.2, 0.25) is 0 Å². The maximum absolute atomic E-state index is 13.6. The summed E-state index contributed by atoms with van der Waals surface area (Å²) in [5, 5.41) is 8.95. The molecule has 0 radical (unpaired) electrons. The number of imidazole rings is 1. The Morgan fingerprint density at radius 1 is 0.769 bits per heavy atom. The smallest absolute Gasteiger partial charge is 0.246 e. The van der Waals surface area contributed by atoms with Crippen LogP contribution in [0.1, 0.15) is 108 Å². The fraction of sp³-hybridized carbons (Fsp3) is 0.600. The van der Waals surface area contributed by atoms with E-state index in [1.54, 1.807) is 11.1 Å². The summed E-state index contributed by atoms with van der Waals surface area (Å²) in [6.07, 6.45) is 8.89. The standard InChI is InChI=1S/C40H53N7O5/c1-24(2)33(44-36(48)28-14-15-28)39(51)46-21-5-7-31(46)35-42-23-30(43-35)18-13-26-9-11-27(12-10-26)19-20-41-38(50)32-8-6-22-47(32)40(52)34(25(3)4)45-37(49)29-16-17-29/h9-12,23-25,28-29,31-34H,5-8,14-17,19-22H2,1-4H3,(H,41,50)(H,42,43)(H,44,48)(H,45,49). The van der Waals surface area contributed by atoms with Crippen LogP contribution in [-0.2, 0) is 30.4 Å². The minimum Gasteiger partial charge on any atom is -0.354 e. The first-order valence-corrected chi connectivity index (χ1v) is 19.2. The predicted molar refractivity (Wildman–Crippen MR) is 195 cm³/mol. The number of hydrogen-bond donors (Lipinski definition) is 4. The molecule has 0 bridgehead atoms. The average molecular weight is 712 g/mol. The number of carbonyl (C=O) groups excluding carboxylic acids is 5. The molecule has 4 aliphatic rings. The highest BCUT2D eigenvalue weighted by atomic mass is 16.2. The molecule has 2 aliphatic heterocycles. The molecule has 5 amide bonds. The van der Waals surface area contributed by atoms with E-state index in [1.165, 1.54) is 0 Å². The van der Waals surface area contributed by atoms with Crippen LogP contribution in [0.15, 0.2) is 30.5 Å². The van der Waals surface area contributed by atoms with E-state index >= 15 is 0 Å². The van der Waals surface area contributed by atoms with E-state index in [1.807, 2.05) is 56.9 Å². The number of aromatic nitrogens is 2.